The Morgan fingerprint density at radius 1 is 1.00 bits per heavy atom. The highest BCUT2D eigenvalue weighted by molar-refractivity contribution is 6.42. The van der Waals surface area contributed by atoms with Crippen LogP contribution in [-0.2, 0) is 0 Å². The molecule has 2 N–H and O–H groups in total. The standard InChI is InChI=1S/C22H16Cl2N4O2/c1-30-19-8-4-5-14(20(19)29)12-25-28-22-15-6-2-3-7-18(15)26-21(27-22)13-9-10-16(23)17(24)11-13/h2-12,29H,1H3,(H,26,27,28)/b25-12-. The Morgan fingerprint density at radius 3 is 2.63 bits per heavy atom. The number of para-hydroxylation sites is 2. The molecule has 3 aromatic carbocycles. The molecule has 8 heteroatoms. The van der Waals surface area contributed by atoms with E-state index in [0.717, 1.165) is 16.5 Å². The van der Waals surface area contributed by atoms with Gasteiger partial charge in [0.05, 0.1) is 28.9 Å². The van der Waals surface area contributed by atoms with Crippen LogP contribution in [0.4, 0.5) is 5.82 Å². The maximum atomic E-state index is 10.2. The van der Waals surface area contributed by atoms with Crippen LogP contribution in [0.5, 0.6) is 11.5 Å². The molecule has 6 nitrogen and oxygen atoms in total. The third kappa shape index (κ3) is 4.01. The molecule has 0 aliphatic carbocycles. The topological polar surface area (TPSA) is 79.6 Å². The molecule has 0 saturated carbocycles. The van der Waals surface area contributed by atoms with E-state index in [1.165, 1.54) is 13.3 Å². The van der Waals surface area contributed by atoms with Gasteiger partial charge in [0.25, 0.3) is 0 Å². The molecule has 0 aliphatic heterocycles. The molecule has 0 aliphatic rings. The third-order valence-electron chi connectivity index (χ3n) is 4.41. The molecule has 0 saturated heterocycles. The van der Waals surface area contributed by atoms with Crippen molar-refractivity contribution in [1.82, 2.24) is 9.97 Å². The lowest BCUT2D eigenvalue weighted by atomic mass is 10.2. The minimum absolute atomic E-state index is 0.00888. The molecule has 0 fully saturated rings. The molecule has 4 aromatic rings. The number of aromatic nitrogens is 2. The van der Waals surface area contributed by atoms with Gasteiger partial charge in [0.2, 0.25) is 0 Å². The number of halogens is 2. The highest BCUT2D eigenvalue weighted by atomic mass is 35.5. The molecule has 0 spiro atoms. The van der Waals surface area contributed by atoms with Gasteiger partial charge in [-0.2, -0.15) is 5.10 Å². The van der Waals surface area contributed by atoms with E-state index in [1.807, 2.05) is 24.3 Å². The number of nitrogens with zero attached hydrogens (tertiary/aromatic N) is 3. The fraction of sp³-hybridized carbons (Fsp3) is 0.0455. The second kappa shape index (κ2) is 8.57. The van der Waals surface area contributed by atoms with Crippen molar-refractivity contribution in [2.75, 3.05) is 12.5 Å². The van der Waals surface area contributed by atoms with Crippen molar-refractivity contribution in [3.8, 4) is 22.9 Å². The number of phenolic OH excluding ortho intramolecular Hbond substituents is 1. The summed E-state index contributed by atoms with van der Waals surface area (Å²) in [7, 11) is 1.49. The van der Waals surface area contributed by atoms with E-state index < -0.39 is 0 Å². The Balaban J connectivity index is 1.72. The quantitative estimate of drug-likeness (QED) is 0.305. The Bertz CT molecular complexity index is 1260. The summed E-state index contributed by atoms with van der Waals surface area (Å²) in [6, 6.07) is 18.0. The number of methoxy groups -OCH3 is 1. The predicted octanol–water partition coefficient (Wildman–Crippen LogP) is 5.76. The number of phenols is 1. The Hall–Kier alpha value is -3.35. The highest BCUT2D eigenvalue weighted by Crippen LogP contribution is 2.30. The van der Waals surface area contributed by atoms with E-state index in [4.69, 9.17) is 27.9 Å². The number of hydrazone groups is 1. The van der Waals surface area contributed by atoms with Crippen LogP contribution in [0.1, 0.15) is 5.56 Å². The van der Waals surface area contributed by atoms with Crippen molar-refractivity contribution in [2.45, 2.75) is 0 Å². The molecular formula is C22H16Cl2N4O2. The average Bonchev–Trinajstić information content (AvgIpc) is 2.76. The smallest absolute Gasteiger partial charge is 0.166 e. The van der Waals surface area contributed by atoms with Gasteiger partial charge in [-0.25, -0.2) is 9.97 Å². The van der Waals surface area contributed by atoms with Crippen molar-refractivity contribution in [3.63, 3.8) is 0 Å². The summed E-state index contributed by atoms with van der Waals surface area (Å²) in [6.45, 7) is 0. The molecule has 0 bridgehead atoms. The normalized spacial score (nSPS) is 11.2. The maximum absolute atomic E-state index is 10.2. The van der Waals surface area contributed by atoms with Gasteiger partial charge >= 0.3 is 0 Å². The van der Waals surface area contributed by atoms with E-state index in [9.17, 15) is 5.11 Å². The summed E-state index contributed by atoms with van der Waals surface area (Å²) in [5.41, 5.74) is 4.92. The zero-order chi connectivity index (χ0) is 21.1. The van der Waals surface area contributed by atoms with Crippen LogP contribution in [-0.4, -0.2) is 28.4 Å². The van der Waals surface area contributed by atoms with Gasteiger partial charge < -0.3 is 9.84 Å². The zero-order valence-electron chi connectivity index (χ0n) is 15.8. The molecule has 0 unspecified atom stereocenters. The summed E-state index contributed by atoms with van der Waals surface area (Å²) in [5, 5.41) is 16.1. The molecule has 0 radical (unpaired) electrons. The summed E-state index contributed by atoms with van der Waals surface area (Å²) < 4.78 is 5.12. The van der Waals surface area contributed by atoms with Crippen molar-refractivity contribution in [2.24, 2.45) is 5.10 Å². The van der Waals surface area contributed by atoms with Crippen LogP contribution in [0, 0.1) is 0 Å². The SMILES string of the molecule is COc1cccc(/C=N\Nc2nc(-c3ccc(Cl)c(Cl)c3)nc3ccccc23)c1O. The first kappa shape index (κ1) is 19.9. The van der Waals surface area contributed by atoms with Gasteiger partial charge in [0.15, 0.2) is 23.1 Å². The van der Waals surface area contributed by atoms with Gasteiger partial charge in [-0.15, -0.1) is 0 Å². The highest BCUT2D eigenvalue weighted by Gasteiger charge is 2.11. The van der Waals surface area contributed by atoms with Crippen LogP contribution >= 0.6 is 23.2 Å². The lowest BCUT2D eigenvalue weighted by Gasteiger charge is -2.09. The van der Waals surface area contributed by atoms with Crippen LogP contribution in [0.25, 0.3) is 22.3 Å². The Kier molecular flexibility index (Phi) is 5.70. The summed E-state index contributed by atoms with van der Waals surface area (Å²) in [6.07, 6.45) is 1.49. The van der Waals surface area contributed by atoms with Crippen molar-refractivity contribution in [3.05, 3.63) is 76.3 Å². The first-order chi connectivity index (χ1) is 14.6. The monoisotopic (exact) mass is 438 g/mol. The number of hydrogen-bond donors (Lipinski definition) is 2. The lowest BCUT2D eigenvalue weighted by Crippen LogP contribution is -1.99. The zero-order valence-corrected chi connectivity index (χ0v) is 17.3. The van der Waals surface area contributed by atoms with Crippen molar-refractivity contribution in [1.29, 1.82) is 0 Å². The summed E-state index contributed by atoms with van der Waals surface area (Å²) in [4.78, 5) is 9.22. The number of aromatic hydroxyl groups is 1. The van der Waals surface area contributed by atoms with E-state index in [1.54, 1.807) is 36.4 Å². The minimum atomic E-state index is 0.00888. The molecule has 0 amide bonds. The van der Waals surface area contributed by atoms with Crippen LogP contribution in [0.2, 0.25) is 10.0 Å². The molecule has 30 heavy (non-hydrogen) atoms. The van der Waals surface area contributed by atoms with Crippen LogP contribution in [0.3, 0.4) is 0 Å². The lowest BCUT2D eigenvalue weighted by molar-refractivity contribution is 0.373. The number of hydrogen-bond acceptors (Lipinski definition) is 6. The van der Waals surface area contributed by atoms with Crippen molar-refractivity contribution < 1.29 is 9.84 Å². The third-order valence-corrected chi connectivity index (χ3v) is 5.14. The molecule has 4 rings (SSSR count). The van der Waals surface area contributed by atoms with Gasteiger partial charge in [-0.1, -0.05) is 41.4 Å². The predicted molar refractivity (Wildman–Crippen MR) is 121 cm³/mol. The summed E-state index contributed by atoms with van der Waals surface area (Å²) in [5.74, 6) is 1.37. The van der Waals surface area contributed by atoms with Crippen LogP contribution in [0.15, 0.2) is 65.8 Å². The summed E-state index contributed by atoms with van der Waals surface area (Å²) >= 11 is 12.2. The fourth-order valence-electron chi connectivity index (χ4n) is 2.90. The van der Waals surface area contributed by atoms with E-state index in [2.05, 4.69) is 20.5 Å². The Morgan fingerprint density at radius 2 is 1.83 bits per heavy atom. The van der Waals surface area contributed by atoms with Crippen LogP contribution < -0.4 is 10.2 Å². The minimum Gasteiger partial charge on any atom is -0.504 e. The second-order valence-electron chi connectivity index (χ2n) is 6.31. The van der Waals surface area contributed by atoms with E-state index in [0.29, 0.717) is 33.0 Å². The van der Waals surface area contributed by atoms with Crippen molar-refractivity contribution >= 4 is 46.1 Å². The molecular weight excluding hydrogens is 423 g/mol. The molecule has 150 valence electrons. The second-order valence-corrected chi connectivity index (χ2v) is 7.12. The molecule has 1 aromatic heterocycles. The number of ether oxygens (including phenoxy) is 1. The van der Waals surface area contributed by atoms with E-state index in [-0.39, 0.29) is 5.75 Å². The van der Waals surface area contributed by atoms with E-state index >= 15 is 0 Å². The fourth-order valence-corrected chi connectivity index (χ4v) is 3.20. The largest absolute Gasteiger partial charge is 0.504 e. The Labute approximate surface area is 182 Å². The first-order valence-electron chi connectivity index (χ1n) is 8.94. The first-order valence-corrected chi connectivity index (χ1v) is 9.69. The van der Waals surface area contributed by atoms with Gasteiger partial charge in [-0.05, 0) is 42.5 Å². The maximum Gasteiger partial charge on any atom is 0.166 e. The van der Waals surface area contributed by atoms with Gasteiger partial charge in [0.1, 0.15) is 0 Å². The number of fused-ring (bicyclic) bond motifs is 1. The number of nitrogens with one attached hydrogen (secondary N) is 1. The van der Waals surface area contributed by atoms with Gasteiger partial charge in [0, 0.05) is 16.5 Å². The molecule has 0 atom stereocenters. The molecule has 1 heterocycles. The number of benzene rings is 3. The average molecular weight is 439 g/mol. The number of rotatable bonds is 5. The number of anilines is 1. The van der Waals surface area contributed by atoms with Gasteiger partial charge in [-0.3, -0.25) is 5.43 Å².